The van der Waals surface area contributed by atoms with Crippen LogP contribution in [0.4, 0.5) is 4.39 Å². The zero-order chi connectivity index (χ0) is 16.0. The lowest BCUT2D eigenvalue weighted by Gasteiger charge is -2.20. The molecule has 0 radical (unpaired) electrons. The lowest BCUT2D eigenvalue weighted by atomic mass is 9.92. The van der Waals surface area contributed by atoms with Crippen LogP contribution < -0.4 is 11.1 Å². The summed E-state index contributed by atoms with van der Waals surface area (Å²) in [6, 6.07) is 3.54. The molecule has 0 unspecified atom stereocenters. The van der Waals surface area contributed by atoms with Crippen molar-refractivity contribution >= 4 is 11.8 Å². The van der Waals surface area contributed by atoms with E-state index >= 15 is 0 Å². The highest BCUT2D eigenvalue weighted by Crippen LogP contribution is 2.14. The molecule has 0 saturated carbocycles. The minimum absolute atomic E-state index is 0.0470. The van der Waals surface area contributed by atoms with Gasteiger partial charge in [0.1, 0.15) is 12.4 Å². The van der Waals surface area contributed by atoms with Crippen molar-refractivity contribution in [2.75, 3.05) is 13.2 Å². The largest absolute Gasteiger partial charge is 0.384 e. The smallest absolute Gasteiger partial charge is 0.252 e. The quantitative estimate of drug-likeness (QED) is 0.702. The second-order valence-electron chi connectivity index (χ2n) is 5.08. The van der Waals surface area contributed by atoms with Crippen LogP contribution in [0.1, 0.15) is 29.8 Å². The molecule has 1 aromatic carbocycles. The number of nitrogens with two attached hydrogens (primary N) is 1. The highest BCUT2D eigenvalue weighted by Gasteiger charge is 2.26. The number of hydrogen-bond donors (Lipinski definition) is 3. The van der Waals surface area contributed by atoms with E-state index in [1.54, 1.807) is 13.8 Å². The number of halogens is 1. The second-order valence-corrected chi connectivity index (χ2v) is 5.08. The summed E-state index contributed by atoms with van der Waals surface area (Å²) in [5.74, 6) is 3.31. The number of primary amides is 1. The summed E-state index contributed by atoms with van der Waals surface area (Å²) in [5, 5.41) is 11.2. The van der Waals surface area contributed by atoms with E-state index in [1.165, 1.54) is 6.07 Å². The molecule has 1 aromatic rings. The highest BCUT2D eigenvalue weighted by molar-refractivity contribution is 5.97. The summed E-state index contributed by atoms with van der Waals surface area (Å²) in [6.45, 7) is 2.86. The molecule has 1 rings (SSSR count). The highest BCUT2D eigenvalue weighted by atomic mass is 19.1. The number of nitrogens with one attached hydrogen (secondary N) is 1. The van der Waals surface area contributed by atoms with Gasteiger partial charge >= 0.3 is 0 Å². The Morgan fingerprint density at radius 1 is 1.43 bits per heavy atom. The number of benzene rings is 1. The average molecular weight is 292 g/mol. The number of carbonyl (C=O) groups excluding carboxylic acids is 2. The first-order chi connectivity index (χ1) is 9.77. The topological polar surface area (TPSA) is 92.4 Å². The third kappa shape index (κ3) is 4.58. The van der Waals surface area contributed by atoms with Gasteiger partial charge in [0.2, 0.25) is 5.91 Å². The van der Waals surface area contributed by atoms with E-state index in [-0.39, 0.29) is 17.7 Å². The Morgan fingerprint density at radius 2 is 2.10 bits per heavy atom. The van der Waals surface area contributed by atoms with E-state index in [2.05, 4.69) is 17.2 Å². The van der Waals surface area contributed by atoms with Crippen molar-refractivity contribution in [3.63, 3.8) is 0 Å². The molecule has 0 heterocycles. The summed E-state index contributed by atoms with van der Waals surface area (Å²) in [7, 11) is 0. The fraction of sp³-hybridized carbons (Fsp3) is 0.333. The van der Waals surface area contributed by atoms with E-state index in [9.17, 15) is 14.0 Å². The monoisotopic (exact) mass is 292 g/mol. The molecule has 21 heavy (non-hydrogen) atoms. The van der Waals surface area contributed by atoms with Crippen LogP contribution in [0.15, 0.2) is 18.2 Å². The Hall–Kier alpha value is -2.39. The maximum absolute atomic E-state index is 13.2. The normalized spacial score (nSPS) is 10.5. The van der Waals surface area contributed by atoms with Crippen molar-refractivity contribution in [3.05, 3.63) is 35.1 Å². The number of aliphatic hydroxyl groups excluding tert-OH is 1. The minimum Gasteiger partial charge on any atom is -0.384 e. The lowest BCUT2D eigenvalue weighted by Crippen LogP contribution is -2.42. The molecule has 0 aliphatic rings. The predicted octanol–water partition coefficient (Wildman–Crippen LogP) is 0.411. The van der Waals surface area contributed by atoms with Crippen molar-refractivity contribution in [3.8, 4) is 11.8 Å². The Kier molecular flexibility index (Phi) is 5.44. The summed E-state index contributed by atoms with van der Waals surface area (Å²) >= 11 is 0. The fourth-order valence-corrected chi connectivity index (χ4v) is 1.44. The number of amides is 2. The molecule has 0 fully saturated rings. The number of carbonyl (C=O) groups is 2. The van der Waals surface area contributed by atoms with Crippen LogP contribution in [0.3, 0.4) is 0 Å². The van der Waals surface area contributed by atoms with Gasteiger partial charge in [0.05, 0.1) is 11.0 Å². The fourth-order valence-electron chi connectivity index (χ4n) is 1.44. The van der Waals surface area contributed by atoms with E-state index in [0.29, 0.717) is 0 Å². The second kappa shape index (κ2) is 6.86. The van der Waals surface area contributed by atoms with Gasteiger partial charge in [-0.15, -0.1) is 0 Å². The van der Waals surface area contributed by atoms with Crippen molar-refractivity contribution in [1.82, 2.24) is 5.32 Å². The Labute approximate surface area is 122 Å². The van der Waals surface area contributed by atoms with E-state index < -0.39 is 29.7 Å². The van der Waals surface area contributed by atoms with Crippen molar-refractivity contribution < 1.29 is 19.1 Å². The van der Waals surface area contributed by atoms with Crippen LogP contribution in [-0.2, 0) is 4.79 Å². The first-order valence-corrected chi connectivity index (χ1v) is 6.25. The number of hydrogen-bond acceptors (Lipinski definition) is 3. The first-order valence-electron chi connectivity index (χ1n) is 6.25. The third-order valence-electron chi connectivity index (χ3n) is 2.89. The number of rotatable bonds is 4. The maximum Gasteiger partial charge on any atom is 0.252 e. The molecule has 0 aliphatic carbocycles. The Balaban J connectivity index is 2.95. The lowest BCUT2D eigenvalue weighted by molar-refractivity contribution is -0.125. The predicted molar refractivity (Wildman–Crippen MR) is 75.7 cm³/mol. The van der Waals surface area contributed by atoms with E-state index in [1.807, 2.05) is 0 Å². The molecular formula is C15H17FN2O3. The van der Waals surface area contributed by atoms with Crippen molar-refractivity contribution in [2.45, 2.75) is 13.8 Å². The SMILES string of the molecule is CC(C)(CNC(=O)c1ccc(F)cc1C#CCO)C(N)=O. The van der Waals surface area contributed by atoms with E-state index in [0.717, 1.165) is 12.1 Å². The number of aliphatic hydroxyl groups is 1. The molecule has 6 heteroatoms. The van der Waals surface area contributed by atoms with Crippen LogP contribution in [0.2, 0.25) is 0 Å². The molecule has 112 valence electrons. The summed E-state index contributed by atoms with van der Waals surface area (Å²) in [6.07, 6.45) is 0. The van der Waals surface area contributed by atoms with Gasteiger partial charge in [-0.05, 0) is 32.0 Å². The molecule has 0 aromatic heterocycles. The van der Waals surface area contributed by atoms with Crippen molar-refractivity contribution in [1.29, 1.82) is 0 Å². The van der Waals surface area contributed by atoms with Gasteiger partial charge in [-0.25, -0.2) is 4.39 Å². The van der Waals surface area contributed by atoms with Gasteiger partial charge in [0, 0.05) is 12.1 Å². The Bertz CT molecular complexity index is 615. The van der Waals surface area contributed by atoms with Gasteiger partial charge in [-0.2, -0.15) is 0 Å². The zero-order valence-electron chi connectivity index (χ0n) is 11.9. The summed E-state index contributed by atoms with van der Waals surface area (Å²) in [4.78, 5) is 23.3. The van der Waals surface area contributed by atoms with Crippen molar-refractivity contribution in [2.24, 2.45) is 11.1 Å². The van der Waals surface area contributed by atoms with Crippen LogP contribution in [-0.4, -0.2) is 30.1 Å². The average Bonchev–Trinajstić information content (AvgIpc) is 2.42. The van der Waals surface area contributed by atoms with Crippen LogP contribution >= 0.6 is 0 Å². The van der Waals surface area contributed by atoms with Gasteiger partial charge in [-0.3, -0.25) is 9.59 Å². The molecule has 0 atom stereocenters. The summed E-state index contributed by atoms with van der Waals surface area (Å²) < 4.78 is 13.2. The van der Waals surface area contributed by atoms with Gasteiger partial charge in [0.15, 0.2) is 0 Å². The first kappa shape index (κ1) is 16.7. The van der Waals surface area contributed by atoms with Gasteiger partial charge in [0.25, 0.3) is 5.91 Å². The molecule has 0 aliphatic heterocycles. The van der Waals surface area contributed by atoms with Gasteiger partial charge in [-0.1, -0.05) is 11.8 Å². The zero-order valence-corrected chi connectivity index (χ0v) is 11.9. The van der Waals surface area contributed by atoms with Crippen LogP contribution in [0.5, 0.6) is 0 Å². The molecule has 0 bridgehead atoms. The van der Waals surface area contributed by atoms with Gasteiger partial charge < -0.3 is 16.2 Å². The molecule has 2 amide bonds. The summed E-state index contributed by atoms with van der Waals surface area (Å²) in [5.41, 5.74) is 4.65. The molecule has 5 nitrogen and oxygen atoms in total. The minimum atomic E-state index is -0.896. The Morgan fingerprint density at radius 3 is 2.67 bits per heavy atom. The van der Waals surface area contributed by atoms with Crippen LogP contribution in [0.25, 0.3) is 0 Å². The standard InChI is InChI=1S/C15H17FN2O3/c1-15(2,14(17)21)9-18-13(20)12-6-5-11(16)8-10(12)4-3-7-19/h5-6,8,19H,7,9H2,1-2H3,(H2,17,21)(H,18,20). The maximum atomic E-state index is 13.2. The molecule has 0 saturated heterocycles. The van der Waals surface area contributed by atoms with Crippen LogP contribution in [0, 0.1) is 23.1 Å². The molecule has 0 spiro atoms. The molecular weight excluding hydrogens is 275 g/mol. The molecule has 4 N–H and O–H groups in total. The van der Waals surface area contributed by atoms with E-state index in [4.69, 9.17) is 10.8 Å². The third-order valence-corrected chi connectivity index (χ3v) is 2.89.